The van der Waals surface area contributed by atoms with Crippen LogP contribution in [0.2, 0.25) is 0 Å². The average Bonchev–Trinajstić information content (AvgIpc) is 3.32. The average molecular weight is 458 g/mol. The number of aromatic nitrogens is 2. The predicted octanol–water partition coefficient (Wildman–Crippen LogP) is 4.73. The lowest BCUT2D eigenvalue weighted by atomic mass is 9.87. The highest BCUT2D eigenvalue weighted by atomic mass is 32.1. The van der Waals surface area contributed by atoms with E-state index in [1.165, 1.54) is 12.8 Å². The quantitative estimate of drug-likeness (QED) is 0.396. The van der Waals surface area contributed by atoms with Crippen LogP contribution in [0.15, 0.2) is 28.7 Å². The zero-order valence-corrected chi connectivity index (χ0v) is 19.8. The van der Waals surface area contributed by atoms with Gasteiger partial charge in [-0.15, -0.1) is 11.3 Å². The molecule has 0 unspecified atom stereocenters. The lowest BCUT2D eigenvalue weighted by molar-refractivity contribution is 0.0699. The van der Waals surface area contributed by atoms with E-state index < -0.39 is 0 Å². The molecule has 0 aromatic carbocycles. The van der Waals surface area contributed by atoms with Gasteiger partial charge in [0.15, 0.2) is 5.13 Å². The van der Waals surface area contributed by atoms with Crippen molar-refractivity contribution in [3.05, 3.63) is 23.7 Å². The smallest absolute Gasteiger partial charge is 0.183 e. The Morgan fingerprint density at radius 2 is 2.06 bits per heavy atom. The molecular formula is C24H35N5O2S. The van der Waals surface area contributed by atoms with Crippen LogP contribution in [-0.4, -0.2) is 62.2 Å². The molecule has 0 amide bonds. The zero-order valence-electron chi connectivity index (χ0n) is 19.0. The highest BCUT2D eigenvalue weighted by Crippen LogP contribution is 2.29. The SMILES string of the molecule is COCCN=CC1CCC(Nc2cc(-c3csc(NCC4CCOCC4)n3)ccn2)CC1. The van der Waals surface area contributed by atoms with Crippen molar-refractivity contribution in [2.24, 2.45) is 16.8 Å². The molecule has 8 heteroatoms. The third kappa shape index (κ3) is 6.98. The third-order valence-corrected chi connectivity index (χ3v) is 7.11. The number of hydrogen-bond acceptors (Lipinski definition) is 8. The second kappa shape index (κ2) is 12.3. The van der Waals surface area contributed by atoms with E-state index in [4.69, 9.17) is 14.5 Å². The first-order valence-corrected chi connectivity index (χ1v) is 12.7. The standard InChI is InChI=1S/C24H35N5O2S/c1-30-13-10-25-15-18-2-4-21(5-3-18)28-23-14-20(6-9-26-23)22-17-32-24(29-22)27-16-19-7-11-31-12-8-19/h6,9,14-15,17-19,21H,2-5,7-8,10-13,16H2,1H3,(H,26,28)(H,27,29). The molecule has 2 aromatic rings. The van der Waals surface area contributed by atoms with Gasteiger partial charge in [-0.25, -0.2) is 9.97 Å². The van der Waals surface area contributed by atoms with Crippen molar-refractivity contribution < 1.29 is 9.47 Å². The lowest BCUT2D eigenvalue weighted by Gasteiger charge is -2.27. The molecule has 0 bridgehead atoms. The van der Waals surface area contributed by atoms with Crippen molar-refractivity contribution in [2.45, 2.75) is 44.6 Å². The second-order valence-electron chi connectivity index (χ2n) is 8.71. The summed E-state index contributed by atoms with van der Waals surface area (Å²) in [5.41, 5.74) is 2.11. The molecule has 2 fully saturated rings. The Balaban J connectivity index is 1.26. The summed E-state index contributed by atoms with van der Waals surface area (Å²) in [7, 11) is 1.72. The first-order valence-electron chi connectivity index (χ1n) is 11.8. The largest absolute Gasteiger partial charge is 0.383 e. The van der Waals surface area contributed by atoms with Crippen LogP contribution in [-0.2, 0) is 9.47 Å². The number of aliphatic imine (C=N–C) groups is 1. The van der Waals surface area contributed by atoms with Crippen molar-refractivity contribution in [1.82, 2.24) is 9.97 Å². The molecule has 1 saturated carbocycles. The molecule has 32 heavy (non-hydrogen) atoms. The lowest BCUT2D eigenvalue weighted by Crippen LogP contribution is -2.27. The summed E-state index contributed by atoms with van der Waals surface area (Å²) < 4.78 is 10.5. The van der Waals surface area contributed by atoms with Crippen molar-refractivity contribution in [1.29, 1.82) is 0 Å². The van der Waals surface area contributed by atoms with Gasteiger partial charge < -0.3 is 20.1 Å². The maximum Gasteiger partial charge on any atom is 0.183 e. The number of ether oxygens (including phenoxy) is 2. The summed E-state index contributed by atoms with van der Waals surface area (Å²) in [4.78, 5) is 13.8. The molecule has 0 radical (unpaired) electrons. The Bertz CT molecular complexity index is 844. The van der Waals surface area contributed by atoms with E-state index in [2.05, 4.69) is 38.3 Å². The van der Waals surface area contributed by atoms with Crippen molar-refractivity contribution in [3.63, 3.8) is 0 Å². The van der Waals surface area contributed by atoms with Gasteiger partial charge in [0.2, 0.25) is 0 Å². The third-order valence-electron chi connectivity index (χ3n) is 6.31. The molecule has 1 aliphatic heterocycles. The Kier molecular flexibility index (Phi) is 8.88. The molecule has 174 valence electrons. The number of anilines is 2. The molecule has 4 rings (SSSR count). The van der Waals surface area contributed by atoms with Crippen LogP contribution >= 0.6 is 11.3 Å². The Morgan fingerprint density at radius 1 is 1.22 bits per heavy atom. The van der Waals surface area contributed by atoms with Crippen LogP contribution in [0.3, 0.4) is 0 Å². The molecule has 3 heterocycles. The van der Waals surface area contributed by atoms with Gasteiger partial charge in [0.1, 0.15) is 5.82 Å². The van der Waals surface area contributed by atoms with Gasteiger partial charge in [0, 0.05) is 56.3 Å². The fraction of sp³-hybridized carbons (Fsp3) is 0.625. The van der Waals surface area contributed by atoms with Gasteiger partial charge in [-0.3, -0.25) is 4.99 Å². The van der Waals surface area contributed by atoms with Crippen LogP contribution in [0.4, 0.5) is 10.9 Å². The minimum atomic E-state index is 0.466. The normalized spacial score (nSPS) is 22.3. The van der Waals surface area contributed by atoms with Crippen LogP contribution < -0.4 is 10.6 Å². The number of nitrogens with zero attached hydrogens (tertiary/aromatic N) is 3. The van der Waals surface area contributed by atoms with Crippen LogP contribution in [0.1, 0.15) is 38.5 Å². The molecule has 2 aliphatic rings. The van der Waals surface area contributed by atoms with Gasteiger partial charge in [0.25, 0.3) is 0 Å². The van der Waals surface area contributed by atoms with Gasteiger partial charge in [0.05, 0.1) is 18.8 Å². The molecule has 2 N–H and O–H groups in total. The van der Waals surface area contributed by atoms with Gasteiger partial charge in [-0.1, -0.05) is 0 Å². The molecule has 2 aromatic heterocycles. The molecular weight excluding hydrogens is 422 g/mol. The number of nitrogens with one attached hydrogen (secondary N) is 2. The molecule has 0 atom stereocenters. The van der Waals surface area contributed by atoms with E-state index in [0.717, 1.165) is 74.2 Å². The minimum absolute atomic E-state index is 0.466. The zero-order chi connectivity index (χ0) is 22.0. The summed E-state index contributed by atoms with van der Waals surface area (Å²) in [6, 6.07) is 4.62. The number of pyridine rings is 1. The van der Waals surface area contributed by atoms with Crippen LogP contribution in [0.5, 0.6) is 0 Å². The second-order valence-corrected chi connectivity index (χ2v) is 9.57. The van der Waals surface area contributed by atoms with Crippen molar-refractivity contribution >= 4 is 28.5 Å². The number of hydrogen-bond donors (Lipinski definition) is 2. The summed E-state index contributed by atoms with van der Waals surface area (Å²) in [6.07, 6.45) is 10.9. The van der Waals surface area contributed by atoms with E-state index >= 15 is 0 Å². The van der Waals surface area contributed by atoms with Crippen LogP contribution in [0, 0.1) is 11.8 Å². The minimum Gasteiger partial charge on any atom is -0.383 e. The van der Waals surface area contributed by atoms with E-state index in [1.807, 2.05) is 12.3 Å². The summed E-state index contributed by atoms with van der Waals surface area (Å²) >= 11 is 1.67. The van der Waals surface area contributed by atoms with Gasteiger partial charge >= 0.3 is 0 Å². The van der Waals surface area contributed by atoms with E-state index in [-0.39, 0.29) is 0 Å². The van der Waals surface area contributed by atoms with E-state index in [1.54, 1.807) is 18.4 Å². The summed E-state index contributed by atoms with van der Waals surface area (Å²) in [5, 5.41) is 10.3. The fourth-order valence-corrected chi connectivity index (χ4v) is 5.06. The molecule has 1 saturated heterocycles. The topological polar surface area (TPSA) is 80.7 Å². The molecule has 1 aliphatic carbocycles. The highest BCUT2D eigenvalue weighted by molar-refractivity contribution is 7.14. The number of thiazole rings is 1. The summed E-state index contributed by atoms with van der Waals surface area (Å²) in [5.74, 6) is 2.20. The van der Waals surface area contributed by atoms with Gasteiger partial charge in [-0.2, -0.15) is 0 Å². The van der Waals surface area contributed by atoms with Crippen molar-refractivity contribution in [2.75, 3.05) is 50.7 Å². The first kappa shape index (κ1) is 23.1. The van der Waals surface area contributed by atoms with Crippen LogP contribution in [0.25, 0.3) is 11.3 Å². The highest BCUT2D eigenvalue weighted by Gasteiger charge is 2.20. The van der Waals surface area contributed by atoms with Crippen molar-refractivity contribution in [3.8, 4) is 11.3 Å². The first-order chi connectivity index (χ1) is 15.8. The summed E-state index contributed by atoms with van der Waals surface area (Å²) in [6.45, 7) is 4.19. The maximum absolute atomic E-state index is 5.45. The number of rotatable bonds is 10. The predicted molar refractivity (Wildman–Crippen MR) is 132 cm³/mol. The van der Waals surface area contributed by atoms with E-state index in [9.17, 15) is 0 Å². The molecule has 7 nitrogen and oxygen atoms in total. The Morgan fingerprint density at radius 3 is 2.88 bits per heavy atom. The Hall–Kier alpha value is -2.03. The fourth-order valence-electron chi connectivity index (χ4n) is 4.33. The van der Waals surface area contributed by atoms with E-state index in [0.29, 0.717) is 24.5 Å². The maximum atomic E-state index is 5.45. The molecule has 0 spiro atoms. The Labute approximate surface area is 195 Å². The number of methoxy groups -OCH3 is 1. The van der Waals surface area contributed by atoms with Gasteiger partial charge in [-0.05, 0) is 62.5 Å². The monoisotopic (exact) mass is 457 g/mol.